The molecule has 14 heavy (non-hydrogen) atoms. The van der Waals surface area contributed by atoms with Gasteiger partial charge in [0.15, 0.2) is 0 Å². The van der Waals surface area contributed by atoms with Crippen molar-refractivity contribution in [2.45, 2.75) is 13.3 Å². The maximum absolute atomic E-state index is 10.5. The maximum Gasteiger partial charge on any atom is 0.150 e. The molecule has 0 amide bonds. The quantitative estimate of drug-likeness (QED) is 0.591. The summed E-state index contributed by atoms with van der Waals surface area (Å²) in [6.07, 6.45) is 6.00. The number of carbonyl (C=O) groups excluding carboxylic acids is 1. The largest absolute Gasteiger partial charge is 0.298 e. The zero-order valence-electron chi connectivity index (χ0n) is 8.23. The van der Waals surface area contributed by atoms with Crippen LogP contribution in [0.5, 0.6) is 0 Å². The lowest BCUT2D eigenvalue weighted by molar-refractivity contribution is 0.112. The number of carbonyl (C=O) groups is 1. The molecule has 1 aromatic carbocycles. The van der Waals surface area contributed by atoms with Crippen LogP contribution in [0.4, 0.5) is 0 Å². The SMILES string of the molecule is Cc1cc(C=O)ccc1C=CCCS. The Balaban J connectivity index is 2.83. The third-order valence-corrected chi connectivity index (χ3v) is 2.28. The van der Waals surface area contributed by atoms with Gasteiger partial charge in [0.25, 0.3) is 0 Å². The Hall–Kier alpha value is -1.02. The molecule has 1 rings (SSSR count). The molecule has 0 N–H and O–H groups in total. The van der Waals surface area contributed by atoms with Crippen LogP contribution >= 0.6 is 12.6 Å². The molecule has 0 spiro atoms. The van der Waals surface area contributed by atoms with Gasteiger partial charge in [0, 0.05) is 5.56 Å². The first kappa shape index (κ1) is 11.1. The van der Waals surface area contributed by atoms with Gasteiger partial charge in [-0.05, 0) is 36.3 Å². The van der Waals surface area contributed by atoms with E-state index >= 15 is 0 Å². The maximum atomic E-state index is 10.5. The smallest absolute Gasteiger partial charge is 0.150 e. The number of allylic oxidation sites excluding steroid dienone is 1. The second kappa shape index (κ2) is 5.66. The van der Waals surface area contributed by atoms with Crippen molar-refractivity contribution in [2.75, 3.05) is 5.75 Å². The molecule has 2 heteroatoms. The van der Waals surface area contributed by atoms with Crippen LogP contribution in [0.1, 0.15) is 27.9 Å². The molecule has 0 atom stereocenters. The lowest BCUT2D eigenvalue weighted by Gasteiger charge is -2.00. The van der Waals surface area contributed by atoms with Crippen LogP contribution in [0.2, 0.25) is 0 Å². The second-order valence-electron chi connectivity index (χ2n) is 3.15. The third-order valence-electron chi connectivity index (χ3n) is 2.02. The minimum Gasteiger partial charge on any atom is -0.298 e. The predicted octanol–water partition coefficient (Wildman–Crippen LogP) is 3.14. The Labute approximate surface area is 90.2 Å². The Bertz CT molecular complexity index is 342. The van der Waals surface area contributed by atoms with Crippen molar-refractivity contribution in [3.05, 3.63) is 41.0 Å². The summed E-state index contributed by atoms with van der Waals surface area (Å²) in [6.45, 7) is 2.01. The van der Waals surface area contributed by atoms with Crippen LogP contribution in [0.15, 0.2) is 24.3 Å². The molecule has 74 valence electrons. The number of hydrogen-bond acceptors (Lipinski definition) is 2. The van der Waals surface area contributed by atoms with Gasteiger partial charge in [0.2, 0.25) is 0 Å². The van der Waals surface area contributed by atoms with E-state index in [2.05, 4.69) is 24.8 Å². The molecule has 1 aromatic rings. The summed E-state index contributed by atoms with van der Waals surface area (Å²) >= 11 is 4.13. The highest BCUT2D eigenvalue weighted by molar-refractivity contribution is 7.80. The first-order valence-corrected chi connectivity index (χ1v) is 5.24. The summed E-state index contributed by atoms with van der Waals surface area (Å²) < 4.78 is 0. The first-order valence-electron chi connectivity index (χ1n) is 4.61. The molecule has 0 aliphatic carbocycles. The summed E-state index contributed by atoms with van der Waals surface area (Å²) in [5, 5.41) is 0. The summed E-state index contributed by atoms with van der Waals surface area (Å²) in [4.78, 5) is 10.5. The molecule has 0 saturated heterocycles. The molecule has 0 aliphatic heterocycles. The number of aryl methyl sites for hydroxylation is 1. The van der Waals surface area contributed by atoms with Crippen LogP contribution in [-0.4, -0.2) is 12.0 Å². The normalized spacial score (nSPS) is 10.7. The molecule has 1 nitrogen and oxygen atoms in total. The highest BCUT2D eigenvalue weighted by atomic mass is 32.1. The van der Waals surface area contributed by atoms with Gasteiger partial charge in [-0.15, -0.1) is 0 Å². The van der Waals surface area contributed by atoms with Crippen LogP contribution in [0, 0.1) is 6.92 Å². The Kier molecular flexibility index (Phi) is 4.47. The van der Waals surface area contributed by atoms with Gasteiger partial charge in [0.05, 0.1) is 0 Å². The van der Waals surface area contributed by atoms with Crippen molar-refractivity contribution in [2.24, 2.45) is 0 Å². The summed E-state index contributed by atoms with van der Waals surface area (Å²) in [5.74, 6) is 0.863. The molecule has 0 heterocycles. The van der Waals surface area contributed by atoms with Crippen molar-refractivity contribution in [3.63, 3.8) is 0 Å². The molecule has 0 fully saturated rings. The van der Waals surface area contributed by atoms with Gasteiger partial charge >= 0.3 is 0 Å². The van der Waals surface area contributed by atoms with Crippen LogP contribution in [0.3, 0.4) is 0 Å². The fourth-order valence-electron chi connectivity index (χ4n) is 1.24. The zero-order valence-corrected chi connectivity index (χ0v) is 9.13. The van der Waals surface area contributed by atoms with Crippen molar-refractivity contribution in [3.8, 4) is 0 Å². The number of rotatable bonds is 4. The van der Waals surface area contributed by atoms with Gasteiger partial charge in [-0.2, -0.15) is 12.6 Å². The minimum atomic E-state index is 0.730. The molecule has 0 saturated carbocycles. The summed E-state index contributed by atoms with van der Waals surface area (Å²) in [6, 6.07) is 5.70. The minimum absolute atomic E-state index is 0.730. The van der Waals surface area contributed by atoms with E-state index in [4.69, 9.17) is 0 Å². The molecule has 0 bridgehead atoms. The average molecular weight is 206 g/mol. The van der Waals surface area contributed by atoms with E-state index in [0.29, 0.717) is 0 Å². The van der Waals surface area contributed by atoms with Crippen LogP contribution in [-0.2, 0) is 0 Å². The second-order valence-corrected chi connectivity index (χ2v) is 3.60. The number of benzene rings is 1. The van der Waals surface area contributed by atoms with E-state index in [9.17, 15) is 4.79 Å². The van der Waals surface area contributed by atoms with E-state index in [1.165, 1.54) is 0 Å². The third kappa shape index (κ3) is 3.04. The van der Waals surface area contributed by atoms with Gasteiger partial charge in [-0.25, -0.2) is 0 Å². The van der Waals surface area contributed by atoms with E-state index in [1.54, 1.807) is 0 Å². The predicted molar refractivity (Wildman–Crippen MR) is 64.1 cm³/mol. The first-order chi connectivity index (χ1) is 6.77. The van der Waals surface area contributed by atoms with Gasteiger partial charge < -0.3 is 0 Å². The molecular formula is C12H14OS. The lowest BCUT2D eigenvalue weighted by atomic mass is 10.1. The van der Waals surface area contributed by atoms with E-state index < -0.39 is 0 Å². The highest BCUT2D eigenvalue weighted by Crippen LogP contribution is 2.12. The number of aldehydes is 1. The Morgan fingerprint density at radius 2 is 2.21 bits per heavy atom. The molecule has 0 radical (unpaired) electrons. The number of thiol groups is 1. The zero-order chi connectivity index (χ0) is 10.4. The molecular weight excluding hydrogens is 192 g/mol. The van der Waals surface area contributed by atoms with Crippen LogP contribution < -0.4 is 0 Å². The summed E-state index contributed by atoms with van der Waals surface area (Å²) in [5.41, 5.74) is 3.02. The average Bonchev–Trinajstić information content (AvgIpc) is 2.20. The highest BCUT2D eigenvalue weighted by Gasteiger charge is 1.95. The Morgan fingerprint density at radius 3 is 2.79 bits per heavy atom. The van der Waals surface area contributed by atoms with Crippen molar-refractivity contribution >= 4 is 25.0 Å². The van der Waals surface area contributed by atoms with E-state index in [-0.39, 0.29) is 0 Å². The summed E-state index contributed by atoms with van der Waals surface area (Å²) in [7, 11) is 0. The van der Waals surface area contributed by atoms with Gasteiger partial charge in [-0.3, -0.25) is 4.79 Å². The fourth-order valence-corrected chi connectivity index (χ4v) is 1.39. The topological polar surface area (TPSA) is 17.1 Å². The number of hydrogen-bond donors (Lipinski definition) is 1. The van der Waals surface area contributed by atoms with E-state index in [1.807, 2.05) is 25.1 Å². The molecule has 0 aliphatic rings. The van der Waals surface area contributed by atoms with Crippen molar-refractivity contribution in [1.29, 1.82) is 0 Å². The fraction of sp³-hybridized carbons (Fsp3) is 0.250. The van der Waals surface area contributed by atoms with Gasteiger partial charge in [0.1, 0.15) is 6.29 Å². The van der Waals surface area contributed by atoms with Gasteiger partial charge in [-0.1, -0.05) is 24.3 Å². The van der Waals surface area contributed by atoms with E-state index in [0.717, 1.165) is 35.2 Å². The lowest BCUT2D eigenvalue weighted by Crippen LogP contribution is -1.85. The van der Waals surface area contributed by atoms with Crippen molar-refractivity contribution in [1.82, 2.24) is 0 Å². The monoisotopic (exact) mass is 206 g/mol. The molecule has 0 aromatic heterocycles. The molecule has 0 unspecified atom stereocenters. The Morgan fingerprint density at radius 1 is 1.43 bits per heavy atom. The standard InChI is InChI=1S/C12H14OS/c1-10-8-11(9-13)5-6-12(10)4-2-3-7-14/h2,4-6,8-9,14H,3,7H2,1H3. The van der Waals surface area contributed by atoms with Crippen LogP contribution in [0.25, 0.3) is 6.08 Å². The van der Waals surface area contributed by atoms with Crippen molar-refractivity contribution < 1.29 is 4.79 Å².